The van der Waals surface area contributed by atoms with E-state index >= 15 is 0 Å². The first-order chi connectivity index (χ1) is 9.56. The van der Waals surface area contributed by atoms with Crippen LogP contribution in [0.2, 0.25) is 0 Å². The molecule has 1 aliphatic heterocycles. The molecule has 2 heterocycles. The normalized spacial score (nSPS) is 17.6. The van der Waals surface area contributed by atoms with E-state index in [0.717, 1.165) is 25.9 Å². The first kappa shape index (κ1) is 14.8. The second-order valence-corrected chi connectivity index (χ2v) is 6.14. The number of aromatic nitrogens is 3. The molecule has 2 rings (SSSR count). The van der Waals surface area contributed by atoms with E-state index in [2.05, 4.69) is 15.0 Å². The molecule has 1 saturated heterocycles. The highest BCUT2D eigenvalue weighted by Crippen LogP contribution is 2.23. The van der Waals surface area contributed by atoms with Crippen LogP contribution < -0.4 is 11.5 Å². The van der Waals surface area contributed by atoms with E-state index < -0.39 is 0 Å². The number of likely N-dealkylation sites (tertiary alicyclic amines) is 1. The first-order valence-corrected chi connectivity index (χ1v) is 7.66. The van der Waals surface area contributed by atoms with Crippen molar-refractivity contribution in [2.75, 3.05) is 24.6 Å². The summed E-state index contributed by atoms with van der Waals surface area (Å²) in [6.07, 6.45) is 4.56. The third-order valence-corrected chi connectivity index (χ3v) is 4.15. The van der Waals surface area contributed by atoms with Gasteiger partial charge in [0.2, 0.25) is 17.8 Å². The van der Waals surface area contributed by atoms with E-state index in [1.807, 2.05) is 11.8 Å². The Balaban J connectivity index is 1.99. The molecule has 1 aliphatic rings. The molecule has 1 atom stereocenters. The van der Waals surface area contributed by atoms with Crippen molar-refractivity contribution in [1.29, 1.82) is 0 Å². The van der Waals surface area contributed by atoms with Gasteiger partial charge in [-0.2, -0.15) is 15.0 Å². The molecule has 0 bridgehead atoms. The SMILES string of the molecule is C[C@@H](Sc1nc(N)nc(N)n1)C(=O)N1CCCCCC1. The summed E-state index contributed by atoms with van der Waals surface area (Å²) < 4.78 is 0. The summed E-state index contributed by atoms with van der Waals surface area (Å²) >= 11 is 1.27. The number of rotatable bonds is 3. The number of anilines is 2. The van der Waals surface area contributed by atoms with Gasteiger partial charge in [-0.15, -0.1) is 0 Å². The van der Waals surface area contributed by atoms with Crippen molar-refractivity contribution in [3.05, 3.63) is 0 Å². The highest BCUT2D eigenvalue weighted by molar-refractivity contribution is 8.00. The third-order valence-electron chi connectivity index (χ3n) is 3.20. The molecule has 0 aromatic carbocycles. The number of carbonyl (C=O) groups is 1. The van der Waals surface area contributed by atoms with Gasteiger partial charge in [0.25, 0.3) is 0 Å². The van der Waals surface area contributed by atoms with Gasteiger partial charge in [-0.25, -0.2) is 0 Å². The van der Waals surface area contributed by atoms with E-state index in [1.54, 1.807) is 0 Å². The van der Waals surface area contributed by atoms with Crippen LogP contribution in [-0.4, -0.2) is 44.1 Å². The van der Waals surface area contributed by atoms with E-state index in [9.17, 15) is 4.79 Å². The Morgan fingerprint density at radius 1 is 1.10 bits per heavy atom. The molecule has 1 aromatic rings. The van der Waals surface area contributed by atoms with Gasteiger partial charge in [0.15, 0.2) is 5.16 Å². The number of nitrogens with zero attached hydrogens (tertiary/aromatic N) is 4. The molecule has 8 heteroatoms. The van der Waals surface area contributed by atoms with Crippen LogP contribution >= 0.6 is 11.8 Å². The van der Waals surface area contributed by atoms with Gasteiger partial charge in [-0.1, -0.05) is 24.6 Å². The van der Waals surface area contributed by atoms with Crippen molar-refractivity contribution < 1.29 is 4.79 Å². The van der Waals surface area contributed by atoms with Gasteiger partial charge in [-0.05, 0) is 19.8 Å². The highest BCUT2D eigenvalue weighted by atomic mass is 32.2. The molecule has 4 N–H and O–H groups in total. The maximum Gasteiger partial charge on any atom is 0.235 e. The summed E-state index contributed by atoms with van der Waals surface area (Å²) in [5.41, 5.74) is 11.0. The minimum atomic E-state index is -0.255. The van der Waals surface area contributed by atoms with Gasteiger partial charge in [0.05, 0.1) is 5.25 Å². The molecule has 0 aliphatic carbocycles. The highest BCUT2D eigenvalue weighted by Gasteiger charge is 2.23. The molecule has 20 heavy (non-hydrogen) atoms. The number of nitrogens with two attached hydrogens (primary N) is 2. The monoisotopic (exact) mass is 296 g/mol. The number of hydrogen-bond acceptors (Lipinski definition) is 7. The lowest BCUT2D eigenvalue weighted by Gasteiger charge is -2.23. The van der Waals surface area contributed by atoms with Crippen LogP contribution in [0.4, 0.5) is 11.9 Å². The zero-order valence-corrected chi connectivity index (χ0v) is 12.4. The molecule has 1 amide bonds. The Labute approximate surface area is 122 Å². The van der Waals surface area contributed by atoms with Crippen molar-refractivity contribution in [3.63, 3.8) is 0 Å². The lowest BCUT2D eigenvalue weighted by Crippen LogP contribution is -2.37. The van der Waals surface area contributed by atoms with E-state index in [4.69, 9.17) is 11.5 Å². The van der Waals surface area contributed by atoms with E-state index in [-0.39, 0.29) is 23.1 Å². The van der Waals surface area contributed by atoms with Gasteiger partial charge in [-0.3, -0.25) is 4.79 Å². The van der Waals surface area contributed by atoms with E-state index in [1.165, 1.54) is 24.6 Å². The Bertz CT molecular complexity index is 455. The molecular weight excluding hydrogens is 276 g/mol. The van der Waals surface area contributed by atoms with Crippen molar-refractivity contribution in [1.82, 2.24) is 19.9 Å². The Hall–Kier alpha value is -1.57. The predicted molar refractivity (Wildman–Crippen MR) is 79.0 cm³/mol. The van der Waals surface area contributed by atoms with Crippen molar-refractivity contribution in [3.8, 4) is 0 Å². The zero-order chi connectivity index (χ0) is 14.5. The molecule has 7 nitrogen and oxygen atoms in total. The number of amides is 1. The summed E-state index contributed by atoms with van der Waals surface area (Å²) in [5, 5.41) is 0.139. The molecule has 0 saturated carbocycles. The number of nitrogen functional groups attached to an aromatic ring is 2. The van der Waals surface area contributed by atoms with Crippen LogP contribution in [0.3, 0.4) is 0 Å². The topological polar surface area (TPSA) is 111 Å². The average molecular weight is 296 g/mol. The summed E-state index contributed by atoms with van der Waals surface area (Å²) in [6.45, 7) is 3.53. The van der Waals surface area contributed by atoms with Crippen LogP contribution in [0.1, 0.15) is 32.6 Å². The number of thioether (sulfide) groups is 1. The quantitative estimate of drug-likeness (QED) is 0.798. The minimum absolute atomic E-state index is 0.0782. The second kappa shape index (κ2) is 6.74. The summed E-state index contributed by atoms with van der Waals surface area (Å²) in [6, 6.07) is 0. The molecular formula is C12H20N6OS. The van der Waals surface area contributed by atoms with Crippen molar-refractivity contribution in [2.45, 2.75) is 43.0 Å². The summed E-state index contributed by atoms with van der Waals surface area (Å²) in [5.74, 6) is 0.276. The van der Waals surface area contributed by atoms with Gasteiger partial charge < -0.3 is 16.4 Å². The molecule has 1 fully saturated rings. The fourth-order valence-corrected chi connectivity index (χ4v) is 3.06. The fourth-order valence-electron chi connectivity index (χ4n) is 2.20. The number of hydrogen-bond donors (Lipinski definition) is 2. The van der Waals surface area contributed by atoms with E-state index in [0.29, 0.717) is 5.16 Å². The van der Waals surface area contributed by atoms with Crippen LogP contribution in [0, 0.1) is 0 Å². The standard InChI is InChI=1S/C12H20N6OS/c1-8(9(19)18-6-4-2-3-5-7-18)20-12-16-10(13)15-11(14)17-12/h8H,2-7H2,1H3,(H4,13,14,15,16,17)/t8-/m1/s1. The minimum Gasteiger partial charge on any atom is -0.368 e. The molecule has 0 spiro atoms. The van der Waals surface area contributed by atoms with Gasteiger partial charge in [0.1, 0.15) is 0 Å². The lowest BCUT2D eigenvalue weighted by atomic mass is 10.2. The zero-order valence-electron chi connectivity index (χ0n) is 11.6. The summed E-state index contributed by atoms with van der Waals surface area (Å²) in [4.78, 5) is 26.0. The Morgan fingerprint density at radius 2 is 1.65 bits per heavy atom. The van der Waals surface area contributed by atoms with Gasteiger partial charge >= 0.3 is 0 Å². The average Bonchev–Trinajstić information content (AvgIpc) is 2.65. The molecule has 0 unspecified atom stereocenters. The third kappa shape index (κ3) is 3.96. The van der Waals surface area contributed by atoms with Crippen LogP contribution in [0.25, 0.3) is 0 Å². The molecule has 1 aromatic heterocycles. The maximum absolute atomic E-state index is 12.4. The molecule has 0 radical (unpaired) electrons. The smallest absolute Gasteiger partial charge is 0.235 e. The maximum atomic E-state index is 12.4. The Kier molecular flexibility index (Phi) is 4.99. The first-order valence-electron chi connectivity index (χ1n) is 6.79. The van der Waals surface area contributed by atoms with Crippen molar-refractivity contribution in [2.24, 2.45) is 0 Å². The lowest BCUT2D eigenvalue weighted by molar-refractivity contribution is -0.130. The van der Waals surface area contributed by atoms with Crippen molar-refractivity contribution >= 4 is 29.6 Å². The van der Waals surface area contributed by atoms with Gasteiger partial charge in [0, 0.05) is 13.1 Å². The number of carbonyl (C=O) groups excluding carboxylic acids is 1. The fraction of sp³-hybridized carbons (Fsp3) is 0.667. The predicted octanol–water partition coefficient (Wildman–Crippen LogP) is 0.919. The summed E-state index contributed by atoms with van der Waals surface area (Å²) in [7, 11) is 0. The van der Waals surface area contributed by atoms with Crippen LogP contribution in [0.15, 0.2) is 5.16 Å². The van der Waals surface area contributed by atoms with Crippen LogP contribution in [-0.2, 0) is 4.79 Å². The second-order valence-electron chi connectivity index (χ2n) is 4.83. The molecule has 110 valence electrons. The largest absolute Gasteiger partial charge is 0.368 e. The van der Waals surface area contributed by atoms with Crippen LogP contribution in [0.5, 0.6) is 0 Å². The Morgan fingerprint density at radius 3 is 2.20 bits per heavy atom.